The minimum absolute atomic E-state index is 0.113. The van der Waals surface area contributed by atoms with E-state index in [1.807, 2.05) is 0 Å². The molecule has 0 atom stereocenters. The summed E-state index contributed by atoms with van der Waals surface area (Å²) < 4.78 is 35.8. The van der Waals surface area contributed by atoms with Crippen molar-refractivity contribution in [3.63, 3.8) is 0 Å². The molecule has 0 aliphatic carbocycles. The van der Waals surface area contributed by atoms with Crippen LogP contribution in [0.1, 0.15) is 29.5 Å². The van der Waals surface area contributed by atoms with Crippen molar-refractivity contribution in [3.05, 3.63) is 17.5 Å². The first-order chi connectivity index (χ1) is 8.10. The van der Waals surface area contributed by atoms with Gasteiger partial charge in [0, 0.05) is 13.2 Å². The second-order valence-electron chi connectivity index (χ2n) is 3.19. The number of carbonyl (C=O) groups is 1. The first-order valence-corrected chi connectivity index (χ1v) is 5.12. The van der Waals surface area contributed by atoms with Crippen molar-refractivity contribution in [1.82, 2.24) is 9.78 Å². The fraction of sp³-hybridized carbons (Fsp3) is 0.600. The topological polar surface area (TPSA) is 53.4 Å². The van der Waals surface area contributed by atoms with Gasteiger partial charge in [-0.2, -0.15) is 5.10 Å². The molecule has 1 rings (SSSR count). The Hall–Kier alpha value is -1.50. The van der Waals surface area contributed by atoms with Crippen LogP contribution in [0.4, 0.5) is 8.78 Å². The van der Waals surface area contributed by atoms with Crippen LogP contribution in [0.5, 0.6) is 0 Å². The van der Waals surface area contributed by atoms with Crippen molar-refractivity contribution in [2.75, 3.05) is 20.3 Å². The van der Waals surface area contributed by atoms with E-state index in [1.54, 1.807) is 6.92 Å². The number of hydrogen-bond acceptors (Lipinski definition) is 4. The highest BCUT2D eigenvalue weighted by Crippen LogP contribution is 2.20. The van der Waals surface area contributed by atoms with E-state index in [0.717, 1.165) is 10.7 Å². The van der Waals surface area contributed by atoms with Gasteiger partial charge in [0.2, 0.25) is 0 Å². The molecule has 0 N–H and O–H groups in total. The predicted octanol–water partition coefficient (Wildman–Crippen LogP) is 1.64. The van der Waals surface area contributed by atoms with Gasteiger partial charge in [0.15, 0.2) is 5.69 Å². The zero-order valence-corrected chi connectivity index (χ0v) is 9.65. The van der Waals surface area contributed by atoms with Gasteiger partial charge in [-0.3, -0.25) is 4.68 Å². The Morgan fingerprint density at radius 2 is 2.29 bits per heavy atom. The number of rotatable bonds is 6. The molecule has 0 amide bonds. The van der Waals surface area contributed by atoms with E-state index in [2.05, 4.69) is 9.84 Å². The summed E-state index contributed by atoms with van der Waals surface area (Å²) in [4.78, 5) is 11.3. The first kappa shape index (κ1) is 13.6. The highest BCUT2D eigenvalue weighted by molar-refractivity contribution is 5.87. The summed E-state index contributed by atoms with van der Waals surface area (Å²) in [5, 5.41) is 3.77. The fourth-order valence-corrected chi connectivity index (χ4v) is 1.27. The molecule has 0 aliphatic heterocycles. The lowest BCUT2D eigenvalue weighted by atomic mass is 10.3. The molecule has 0 saturated heterocycles. The lowest BCUT2D eigenvalue weighted by Gasteiger charge is -2.04. The van der Waals surface area contributed by atoms with E-state index >= 15 is 0 Å². The SMILES string of the molecule is CCOC(=O)c1cc(C(F)F)n(CCOC)n1. The zero-order chi connectivity index (χ0) is 12.8. The molecule has 96 valence electrons. The molecule has 0 fully saturated rings. The van der Waals surface area contributed by atoms with Crippen LogP contribution >= 0.6 is 0 Å². The number of halogens is 2. The Kier molecular flexibility index (Phi) is 5.02. The lowest BCUT2D eigenvalue weighted by Crippen LogP contribution is -2.11. The van der Waals surface area contributed by atoms with E-state index in [4.69, 9.17) is 4.74 Å². The average Bonchev–Trinajstić information content (AvgIpc) is 2.70. The van der Waals surface area contributed by atoms with Crippen LogP contribution in [0.3, 0.4) is 0 Å². The van der Waals surface area contributed by atoms with Crippen molar-refractivity contribution < 1.29 is 23.0 Å². The largest absolute Gasteiger partial charge is 0.461 e. The number of nitrogens with zero attached hydrogens (tertiary/aromatic N) is 2. The van der Waals surface area contributed by atoms with Crippen molar-refractivity contribution in [1.29, 1.82) is 0 Å². The highest BCUT2D eigenvalue weighted by Gasteiger charge is 2.20. The third-order valence-corrected chi connectivity index (χ3v) is 2.03. The van der Waals surface area contributed by atoms with E-state index < -0.39 is 12.4 Å². The summed E-state index contributed by atoms with van der Waals surface area (Å²) in [7, 11) is 1.46. The molecule has 1 aromatic rings. The molecule has 0 aromatic carbocycles. The minimum atomic E-state index is -2.69. The van der Waals surface area contributed by atoms with Crippen LogP contribution < -0.4 is 0 Å². The van der Waals surface area contributed by atoms with Gasteiger partial charge < -0.3 is 9.47 Å². The van der Waals surface area contributed by atoms with E-state index in [0.29, 0.717) is 0 Å². The van der Waals surface area contributed by atoms with Gasteiger partial charge in [0.1, 0.15) is 5.69 Å². The van der Waals surface area contributed by atoms with Crippen molar-refractivity contribution >= 4 is 5.97 Å². The number of esters is 1. The number of aromatic nitrogens is 2. The normalized spacial score (nSPS) is 10.9. The molecule has 1 heterocycles. The molecule has 0 radical (unpaired) electrons. The molecule has 7 heteroatoms. The smallest absolute Gasteiger partial charge is 0.358 e. The number of methoxy groups -OCH3 is 1. The van der Waals surface area contributed by atoms with Crippen molar-refractivity contribution in [2.24, 2.45) is 0 Å². The van der Waals surface area contributed by atoms with Crippen LogP contribution in [0.2, 0.25) is 0 Å². The minimum Gasteiger partial charge on any atom is -0.461 e. The highest BCUT2D eigenvalue weighted by atomic mass is 19.3. The summed E-state index contributed by atoms with van der Waals surface area (Å²) in [6.45, 7) is 2.21. The van der Waals surface area contributed by atoms with Gasteiger partial charge in [0.25, 0.3) is 6.43 Å². The quantitative estimate of drug-likeness (QED) is 0.718. The van der Waals surface area contributed by atoms with Gasteiger partial charge in [-0.25, -0.2) is 13.6 Å². The van der Waals surface area contributed by atoms with Gasteiger partial charge in [-0.15, -0.1) is 0 Å². The molecule has 0 aliphatic rings. The molecule has 0 bridgehead atoms. The fourth-order valence-electron chi connectivity index (χ4n) is 1.27. The van der Waals surface area contributed by atoms with Crippen LogP contribution in [0, 0.1) is 0 Å². The molecule has 1 aromatic heterocycles. The zero-order valence-electron chi connectivity index (χ0n) is 9.65. The summed E-state index contributed by atoms with van der Waals surface area (Å²) in [5.41, 5.74) is -0.427. The molecular weight excluding hydrogens is 234 g/mol. The average molecular weight is 248 g/mol. The molecule has 0 saturated carbocycles. The Labute approximate surface area is 97.3 Å². The number of alkyl halides is 2. The molecule has 5 nitrogen and oxygen atoms in total. The van der Waals surface area contributed by atoms with Gasteiger partial charge in [0.05, 0.1) is 19.8 Å². The summed E-state index contributed by atoms with van der Waals surface area (Å²) in [5.74, 6) is -0.703. The summed E-state index contributed by atoms with van der Waals surface area (Å²) in [6.07, 6.45) is -2.69. The van der Waals surface area contributed by atoms with Crippen molar-refractivity contribution in [3.8, 4) is 0 Å². The molecular formula is C10H14F2N2O3. The summed E-state index contributed by atoms with van der Waals surface area (Å²) in [6, 6.07) is 1.04. The molecule has 17 heavy (non-hydrogen) atoms. The third-order valence-electron chi connectivity index (χ3n) is 2.03. The number of carbonyl (C=O) groups excluding carboxylic acids is 1. The Morgan fingerprint density at radius 1 is 1.59 bits per heavy atom. The Bertz CT molecular complexity index is 380. The van der Waals surface area contributed by atoms with Crippen LogP contribution in [-0.4, -0.2) is 36.1 Å². The Morgan fingerprint density at radius 3 is 2.82 bits per heavy atom. The third kappa shape index (κ3) is 3.48. The molecule has 0 unspecified atom stereocenters. The maximum atomic E-state index is 12.7. The maximum absolute atomic E-state index is 12.7. The number of hydrogen-bond donors (Lipinski definition) is 0. The lowest BCUT2D eigenvalue weighted by molar-refractivity contribution is 0.0518. The standard InChI is InChI=1S/C10H14F2N2O3/c1-3-17-10(15)7-6-8(9(11)12)14(13-7)4-5-16-2/h6,9H,3-5H2,1-2H3. The van der Waals surface area contributed by atoms with E-state index in [1.165, 1.54) is 7.11 Å². The molecule has 0 spiro atoms. The van der Waals surface area contributed by atoms with E-state index in [-0.39, 0.29) is 31.1 Å². The van der Waals surface area contributed by atoms with Gasteiger partial charge in [-0.1, -0.05) is 0 Å². The van der Waals surface area contributed by atoms with E-state index in [9.17, 15) is 13.6 Å². The monoisotopic (exact) mass is 248 g/mol. The van der Waals surface area contributed by atoms with Crippen LogP contribution in [0.15, 0.2) is 6.07 Å². The second-order valence-corrected chi connectivity index (χ2v) is 3.19. The first-order valence-electron chi connectivity index (χ1n) is 5.12. The Balaban J connectivity index is 2.91. The van der Waals surface area contributed by atoms with Crippen LogP contribution in [0.25, 0.3) is 0 Å². The van der Waals surface area contributed by atoms with Crippen molar-refractivity contribution in [2.45, 2.75) is 19.9 Å². The maximum Gasteiger partial charge on any atom is 0.358 e. The van der Waals surface area contributed by atoms with Gasteiger partial charge in [-0.05, 0) is 6.92 Å². The van der Waals surface area contributed by atoms with Crippen LogP contribution in [-0.2, 0) is 16.0 Å². The number of ether oxygens (including phenoxy) is 2. The summed E-state index contributed by atoms with van der Waals surface area (Å²) >= 11 is 0. The second kappa shape index (κ2) is 6.29. The predicted molar refractivity (Wildman–Crippen MR) is 55.0 cm³/mol. The van der Waals surface area contributed by atoms with Gasteiger partial charge >= 0.3 is 5.97 Å².